The topological polar surface area (TPSA) is 79.8 Å². The number of rotatable bonds is 8. The predicted octanol–water partition coefficient (Wildman–Crippen LogP) is 3.29. The standard InChI is InChI=1S/C22H27N3O4S2/c1-15-12-16(2)21-19(13-15)30-22(23-21)25(11-10-24(3)4)20(26)14-31(27,28)18-8-6-17(29-5)7-9-18/h6-9,12-13H,10-11,14H2,1-5H3. The van der Waals surface area contributed by atoms with Gasteiger partial charge in [-0.05, 0) is 69.4 Å². The van der Waals surface area contributed by atoms with Crippen molar-refractivity contribution in [2.75, 3.05) is 44.9 Å². The van der Waals surface area contributed by atoms with Crippen molar-refractivity contribution in [2.24, 2.45) is 0 Å². The summed E-state index contributed by atoms with van der Waals surface area (Å²) in [6.45, 7) is 4.94. The average molecular weight is 462 g/mol. The quantitative estimate of drug-likeness (QED) is 0.512. The number of aromatic nitrogens is 1. The number of carbonyl (C=O) groups excluding carboxylic acids is 1. The lowest BCUT2D eigenvalue weighted by atomic mass is 10.1. The zero-order valence-electron chi connectivity index (χ0n) is 18.4. The summed E-state index contributed by atoms with van der Waals surface area (Å²) in [6, 6.07) is 10.1. The lowest BCUT2D eigenvalue weighted by molar-refractivity contribution is -0.116. The summed E-state index contributed by atoms with van der Waals surface area (Å²) < 4.78 is 31.8. The van der Waals surface area contributed by atoms with E-state index in [1.165, 1.54) is 35.5 Å². The number of likely N-dealkylation sites (N-methyl/N-ethyl adjacent to an activating group) is 1. The van der Waals surface area contributed by atoms with Crippen molar-refractivity contribution in [1.29, 1.82) is 0 Å². The molecule has 9 heteroatoms. The van der Waals surface area contributed by atoms with Crippen molar-refractivity contribution in [3.8, 4) is 5.75 Å². The maximum Gasteiger partial charge on any atom is 0.244 e. The van der Waals surface area contributed by atoms with E-state index in [1.807, 2.05) is 45.0 Å². The molecule has 7 nitrogen and oxygen atoms in total. The summed E-state index contributed by atoms with van der Waals surface area (Å²) in [5.41, 5.74) is 2.99. The molecule has 0 aliphatic rings. The van der Waals surface area contributed by atoms with Gasteiger partial charge in [0.2, 0.25) is 5.91 Å². The van der Waals surface area contributed by atoms with Crippen LogP contribution in [0.1, 0.15) is 11.1 Å². The number of anilines is 1. The van der Waals surface area contributed by atoms with E-state index in [0.717, 1.165) is 21.3 Å². The van der Waals surface area contributed by atoms with Crippen LogP contribution in [-0.2, 0) is 14.6 Å². The van der Waals surface area contributed by atoms with Crippen molar-refractivity contribution in [2.45, 2.75) is 18.7 Å². The molecule has 1 aromatic heterocycles. The number of methoxy groups -OCH3 is 1. The third-order valence-electron chi connectivity index (χ3n) is 4.85. The molecule has 0 saturated carbocycles. The molecule has 0 bridgehead atoms. The van der Waals surface area contributed by atoms with E-state index in [1.54, 1.807) is 12.1 Å². The number of amides is 1. The van der Waals surface area contributed by atoms with Gasteiger partial charge >= 0.3 is 0 Å². The maximum absolute atomic E-state index is 13.2. The summed E-state index contributed by atoms with van der Waals surface area (Å²) in [6.07, 6.45) is 0. The molecule has 0 N–H and O–H groups in total. The molecule has 1 heterocycles. The number of fused-ring (bicyclic) bond motifs is 1. The zero-order chi connectivity index (χ0) is 22.8. The van der Waals surface area contributed by atoms with E-state index in [0.29, 0.717) is 24.0 Å². The van der Waals surface area contributed by atoms with E-state index in [-0.39, 0.29) is 4.90 Å². The van der Waals surface area contributed by atoms with Crippen LogP contribution in [0.2, 0.25) is 0 Å². The number of aryl methyl sites for hydroxylation is 2. The number of hydrogen-bond acceptors (Lipinski definition) is 7. The molecule has 31 heavy (non-hydrogen) atoms. The van der Waals surface area contributed by atoms with Gasteiger partial charge < -0.3 is 9.64 Å². The van der Waals surface area contributed by atoms with Gasteiger partial charge in [0, 0.05) is 13.1 Å². The first-order valence-corrected chi connectivity index (χ1v) is 12.3. The number of sulfone groups is 1. The van der Waals surface area contributed by atoms with E-state index in [9.17, 15) is 13.2 Å². The average Bonchev–Trinajstić information content (AvgIpc) is 3.11. The molecule has 0 aliphatic heterocycles. The Hall–Kier alpha value is -2.49. The van der Waals surface area contributed by atoms with Gasteiger partial charge in [0.25, 0.3) is 0 Å². The maximum atomic E-state index is 13.2. The Labute approximate surface area is 187 Å². The molecule has 0 spiro atoms. The first-order chi connectivity index (χ1) is 14.6. The smallest absolute Gasteiger partial charge is 0.244 e. The molecule has 3 rings (SSSR count). The normalized spacial score (nSPS) is 11.8. The minimum absolute atomic E-state index is 0.0879. The van der Waals surface area contributed by atoms with Crippen LogP contribution >= 0.6 is 11.3 Å². The number of benzene rings is 2. The van der Waals surface area contributed by atoms with Crippen molar-refractivity contribution < 1.29 is 17.9 Å². The summed E-state index contributed by atoms with van der Waals surface area (Å²) in [7, 11) is 1.52. The molecule has 166 valence electrons. The summed E-state index contributed by atoms with van der Waals surface area (Å²) >= 11 is 1.40. The number of hydrogen-bond donors (Lipinski definition) is 0. The molecule has 2 aromatic carbocycles. The fourth-order valence-electron chi connectivity index (χ4n) is 3.21. The Balaban J connectivity index is 1.92. The van der Waals surface area contributed by atoms with Crippen LogP contribution < -0.4 is 9.64 Å². The highest BCUT2D eigenvalue weighted by Gasteiger charge is 2.27. The first-order valence-electron chi connectivity index (χ1n) is 9.80. The third kappa shape index (κ3) is 5.41. The van der Waals surface area contributed by atoms with Crippen LogP contribution in [0.4, 0.5) is 5.13 Å². The number of ether oxygens (including phenoxy) is 1. The molecule has 0 atom stereocenters. The summed E-state index contributed by atoms with van der Waals surface area (Å²) in [5, 5.41) is 0.514. The van der Waals surface area contributed by atoms with E-state index >= 15 is 0 Å². The van der Waals surface area contributed by atoms with Crippen molar-refractivity contribution in [3.63, 3.8) is 0 Å². The van der Waals surface area contributed by atoms with E-state index in [2.05, 4.69) is 4.98 Å². The van der Waals surface area contributed by atoms with E-state index < -0.39 is 21.5 Å². The van der Waals surface area contributed by atoms with Gasteiger partial charge in [-0.3, -0.25) is 9.69 Å². The first kappa shape index (κ1) is 23.2. The lowest BCUT2D eigenvalue weighted by Gasteiger charge is -2.22. The minimum atomic E-state index is -3.80. The highest BCUT2D eigenvalue weighted by atomic mass is 32.2. The second-order valence-corrected chi connectivity index (χ2v) is 10.7. The van der Waals surface area contributed by atoms with Gasteiger partial charge in [-0.15, -0.1) is 0 Å². The Kier molecular flexibility index (Phi) is 6.98. The Bertz CT molecular complexity index is 1190. The van der Waals surface area contributed by atoms with Gasteiger partial charge in [0.05, 0.1) is 22.2 Å². The van der Waals surface area contributed by atoms with E-state index in [4.69, 9.17) is 4.74 Å². The number of thiazole rings is 1. The Morgan fingerprint density at radius 2 is 1.77 bits per heavy atom. The molecule has 0 radical (unpaired) electrons. The Morgan fingerprint density at radius 1 is 1.10 bits per heavy atom. The molecular formula is C22H27N3O4S2. The molecule has 0 fully saturated rings. The highest BCUT2D eigenvalue weighted by Crippen LogP contribution is 2.32. The second-order valence-electron chi connectivity index (χ2n) is 7.71. The van der Waals surface area contributed by atoms with Crippen LogP contribution in [0, 0.1) is 13.8 Å². The SMILES string of the molecule is COc1ccc(S(=O)(=O)CC(=O)N(CCN(C)C)c2nc3c(C)cc(C)cc3s2)cc1. The van der Waals surface area contributed by atoms with Crippen LogP contribution in [-0.4, -0.2) is 64.3 Å². The fraction of sp³-hybridized carbons (Fsp3) is 0.364. The minimum Gasteiger partial charge on any atom is -0.497 e. The second kappa shape index (κ2) is 9.33. The number of nitrogens with zero attached hydrogens (tertiary/aromatic N) is 3. The van der Waals surface area contributed by atoms with Crippen LogP contribution in [0.25, 0.3) is 10.2 Å². The van der Waals surface area contributed by atoms with Crippen molar-refractivity contribution in [1.82, 2.24) is 9.88 Å². The zero-order valence-corrected chi connectivity index (χ0v) is 20.0. The predicted molar refractivity (Wildman–Crippen MR) is 125 cm³/mol. The molecule has 1 amide bonds. The van der Waals surface area contributed by atoms with Crippen LogP contribution in [0.5, 0.6) is 5.75 Å². The summed E-state index contributed by atoms with van der Waals surface area (Å²) in [4.78, 5) is 21.4. The van der Waals surface area contributed by atoms with Gasteiger partial charge in [-0.1, -0.05) is 17.4 Å². The van der Waals surface area contributed by atoms with Crippen molar-refractivity contribution >= 4 is 42.4 Å². The molecule has 0 aliphatic carbocycles. The van der Waals surface area contributed by atoms with Gasteiger partial charge in [0.1, 0.15) is 11.5 Å². The number of carbonyl (C=O) groups is 1. The largest absolute Gasteiger partial charge is 0.497 e. The molecular weight excluding hydrogens is 434 g/mol. The lowest BCUT2D eigenvalue weighted by Crippen LogP contribution is -2.40. The Morgan fingerprint density at radius 3 is 2.39 bits per heavy atom. The van der Waals surface area contributed by atoms with Gasteiger partial charge in [0.15, 0.2) is 15.0 Å². The third-order valence-corrected chi connectivity index (χ3v) is 7.50. The highest BCUT2D eigenvalue weighted by molar-refractivity contribution is 7.92. The van der Waals surface area contributed by atoms with Crippen molar-refractivity contribution in [3.05, 3.63) is 47.5 Å². The molecule has 0 unspecified atom stereocenters. The monoisotopic (exact) mass is 461 g/mol. The molecule has 0 saturated heterocycles. The fourth-order valence-corrected chi connectivity index (χ4v) is 5.59. The molecule has 3 aromatic rings. The van der Waals surface area contributed by atoms with Crippen LogP contribution in [0.15, 0.2) is 41.3 Å². The van der Waals surface area contributed by atoms with Gasteiger partial charge in [-0.2, -0.15) is 0 Å². The summed E-state index contributed by atoms with van der Waals surface area (Å²) in [5.74, 6) is -0.565. The van der Waals surface area contributed by atoms with Gasteiger partial charge in [-0.25, -0.2) is 13.4 Å². The van der Waals surface area contributed by atoms with Crippen LogP contribution in [0.3, 0.4) is 0 Å².